The van der Waals surface area contributed by atoms with Crippen molar-refractivity contribution in [3.8, 4) is 0 Å². The largest absolute Gasteiger partial charge is 0.480 e. The lowest BCUT2D eigenvalue weighted by molar-refractivity contribution is -0.138. The molecule has 0 aromatic rings. The molecule has 0 radical (unpaired) electrons. The summed E-state index contributed by atoms with van der Waals surface area (Å²) in [5.74, 6) is -0.829. The van der Waals surface area contributed by atoms with E-state index >= 15 is 0 Å². The minimum Gasteiger partial charge on any atom is -0.480 e. The van der Waals surface area contributed by atoms with Crippen LogP contribution in [0, 0.1) is 0 Å². The highest BCUT2D eigenvalue weighted by Gasteiger charge is 2.23. The standard InChI is InChI=1S/C14H23N3O3/c1-3-6-16(7-4-2)14(20)17-9-5-8-15(10-11-17)12-13(18)19/h3-4H,1-2,5-12H2,(H,18,19). The molecule has 1 saturated heterocycles. The Labute approximate surface area is 119 Å². The number of aliphatic carboxylic acids is 1. The third-order valence-corrected chi connectivity index (χ3v) is 3.19. The van der Waals surface area contributed by atoms with Gasteiger partial charge in [0.2, 0.25) is 0 Å². The Morgan fingerprint density at radius 2 is 1.75 bits per heavy atom. The van der Waals surface area contributed by atoms with E-state index < -0.39 is 5.97 Å². The maximum absolute atomic E-state index is 12.4. The summed E-state index contributed by atoms with van der Waals surface area (Å²) < 4.78 is 0. The molecule has 20 heavy (non-hydrogen) atoms. The number of carbonyl (C=O) groups excluding carboxylic acids is 1. The van der Waals surface area contributed by atoms with E-state index in [0.29, 0.717) is 39.3 Å². The molecule has 1 rings (SSSR count). The molecule has 6 nitrogen and oxygen atoms in total. The third kappa shape index (κ3) is 5.05. The molecule has 0 saturated carbocycles. The van der Waals surface area contributed by atoms with E-state index in [1.807, 2.05) is 4.90 Å². The fraction of sp³-hybridized carbons (Fsp3) is 0.571. The van der Waals surface area contributed by atoms with Crippen LogP contribution < -0.4 is 0 Å². The Morgan fingerprint density at radius 1 is 1.10 bits per heavy atom. The van der Waals surface area contributed by atoms with Gasteiger partial charge in [0, 0.05) is 39.3 Å². The minimum absolute atomic E-state index is 0.0328. The molecule has 1 aliphatic heterocycles. The van der Waals surface area contributed by atoms with Gasteiger partial charge in [0.05, 0.1) is 6.54 Å². The lowest BCUT2D eigenvalue weighted by Gasteiger charge is -2.28. The summed E-state index contributed by atoms with van der Waals surface area (Å²) in [6, 6.07) is -0.0398. The van der Waals surface area contributed by atoms with Crippen molar-refractivity contribution in [1.29, 1.82) is 0 Å². The molecular weight excluding hydrogens is 258 g/mol. The molecule has 112 valence electrons. The van der Waals surface area contributed by atoms with Crippen molar-refractivity contribution in [3.63, 3.8) is 0 Å². The smallest absolute Gasteiger partial charge is 0.320 e. The molecule has 0 aromatic heterocycles. The summed E-state index contributed by atoms with van der Waals surface area (Å²) in [6.45, 7) is 10.8. The first-order chi connectivity index (χ1) is 9.58. The summed E-state index contributed by atoms with van der Waals surface area (Å²) in [5.41, 5.74) is 0. The average Bonchev–Trinajstić information content (AvgIpc) is 2.62. The summed E-state index contributed by atoms with van der Waals surface area (Å²) in [6.07, 6.45) is 4.17. The summed E-state index contributed by atoms with van der Waals surface area (Å²) >= 11 is 0. The normalized spacial score (nSPS) is 16.3. The van der Waals surface area contributed by atoms with Crippen LogP contribution in [-0.4, -0.2) is 77.6 Å². The summed E-state index contributed by atoms with van der Waals surface area (Å²) in [4.78, 5) is 28.4. The molecule has 2 amide bonds. The molecule has 0 aromatic carbocycles. The van der Waals surface area contributed by atoms with Gasteiger partial charge in [0.1, 0.15) is 0 Å². The van der Waals surface area contributed by atoms with E-state index in [1.54, 1.807) is 22.0 Å². The van der Waals surface area contributed by atoms with Crippen molar-refractivity contribution in [1.82, 2.24) is 14.7 Å². The van der Waals surface area contributed by atoms with E-state index in [1.165, 1.54) is 0 Å². The Morgan fingerprint density at radius 3 is 2.30 bits per heavy atom. The minimum atomic E-state index is -0.829. The number of urea groups is 1. The van der Waals surface area contributed by atoms with Crippen LogP contribution >= 0.6 is 0 Å². The van der Waals surface area contributed by atoms with Gasteiger partial charge in [-0.3, -0.25) is 9.69 Å². The fourth-order valence-electron chi connectivity index (χ4n) is 2.25. The van der Waals surface area contributed by atoms with Gasteiger partial charge >= 0.3 is 12.0 Å². The number of hydrogen-bond acceptors (Lipinski definition) is 3. The molecule has 0 aliphatic carbocycles. The molecule has 0 unspecified atom stereocenters. The van der Waals surface area contributed by atoms with Crippen molar-refractivity contribution in [2.75, 3.05) is 45.8 Å². The van der Waals surface area contributed by atoms with Crippen LogP contribution in [0.15, 0.2) is 25.3 Å². The number of carboxylic acid groups (broad SMARTS) is 1. The molecule has 1 heterocycles. The van der Waals surface area contributed by atoms with E-state index in [9.17, 15) is 9.59 Å². The number of rotatable bonds is 6. The van der Waals surface area contributed by atoms with Crippen molar-refractivity contribution in [2.45, 2.75) is 6.42 Å². The molecule has 6 heteroatoms. The van der Waals surface area contributed by atoms with Gasteiger partial charge < -0.3 is 14.9 Å². The van der Waals surface area contributed by atoms with Crippen LogP contribution in [0.2, 0.25) is 0 Å². The van der Waals surface area contributed by atoms with Gasteiger partial charge in [-0.25, -0.2) is 4.79 Å². The zero-order chi connectivity index (χ0) is 15.0. The first kappa shape index (κ1) is 16.2. The van der Waals surface area contributed by atoms with Crippen LogP contribution in [0.3, 0.4) is 0 Å². The van der Waals surface area contributed by atoms with E-state index in [0.717, 1.165) is 6.42 Å². The SMILES string of the molecule is C=CCN(CC=C)C(=O)N1CCCN(CC(=O)O)CC1. The Balaban J connectivity index is 2.57. The van der Waals surface area contributed by atoms with Gasteiger partial charge in [-0.15, -0.1) is 13.2 Å². The topological polar surface area (TPSA) is 64.1 Å². The van der Waals surface area contributed by atoms with Crippen molar-refractivity contribution in [2.24, 2.45) is 0 Å². The zero-order valence-corrected chi connectivity index (χ0v) is 11.8. The molecule has 1 N–H and O–H groups in total. The van der Waals surface area contributed by atoms with Gasteiger partial charge in [0.25, 0.3) is 0 Å². The second kappa shape index (κ2) is 8.37. The fourth-order valence-corrected chi connectivity index (χ4v) is 2.25. The van der Waals surface area contributed by atoms with Gasteiger partial charge in [-0.1, -0.05) is 12.2 Å². The van der Waals surface area contributed by atoms with Crippen molar-refractivity contribution < 1.29 is 14.7 Å². The van der Waals surface area contributed by atoms with Gasteiger partial charge in [0.15, 0.2) is 0 Å². The maximum atomic E-state index is 12.4. The first-order valence-corrected chi connectivity index (χ1v) is 6.78. The zero-order valence-electron chi connectivity index (χ0n) is 11.8. The quantitative estimate of drug-likeness (QED) is 0.734. The number of hydrogen-bond donors (Lipinski definition) is 1. The lowest BCUT2D eigenvalue weighted by atomic mass is 10.4. The van der Waals surface area contributed by atoms with E-state index in [2.05, 4.69) is 13.2 Å². The van der Waals surface area contributed by atoms with Crippen molar-refractivity contribution in [3.05, 3.63) is 25.3 Å². The Kier molecular flexibility index (Phi) is 6.79. The van der Waals surface area contributed by atoms with Crippen molar-refractivity contribution >= 4 is 12.0 Å². The second-order valence-corrected chi connectivity index (χ2v) is 4.78. The number of carboxylic acids is 1. The van der Waals surface area contributed by atoms with Crippen LogP contribution in [0.1, 0.15) is 6.42 Å². The average molecular weight is 281 g/mol. The molecule has 0 bridgehead atoms. The van der Waals surface area contributed by atoms with Crippen LogP contribution in [-0.2, 0) is 4.79 Å². The van der Waals surface area contributed by atoms with E-state index in [4.69, 9.17) is 5.11 Å². The predicted molar refractivity (Wildman–Crippen MR) is 77.6 cm³/mol. The van der Waals surface area contributed by atoms with Crippen LogP contribution in [0.25, 0.3) is 0 Å². The maximum Gasteiger partial charge on any atom is 0.320 e. The second-order valence-electron chi connectivity index (χ2n) is 4.78. The molecule has 1 aliphatic rings. The highest BCUT2D eigenvalue weighted by molar-refractivity contribution is 5.75. The summed E-state index contributed by atoms with van der Waals surface area (Å²) in [5, 5.41) is 8.81. The number of nitrogens with zero attached hydrogens (tertiary/aromatic N) is 3. The van der Waals surface area contributed by atoms with Gasteiger partial charge in [-0.2, -0.15) is 0 Å². The molecular formula is C14H23N3O3. The first-order valence-electron chi connectivity index (χ1n) is 6.78. The number of carbonyl (C=O) groups is 2. The monoisotopic (exact) mass is 281 g/mol. The molecule has 0 atom stereocenters. The highest BCUT2D eigenvalue weighted by atomic mass is 16.4. The third-order valence-electron chi connectivity index (χ3n) is 3.19. The molecule has 1 fully saturated rings. The Bertz CT molecular complexity index is 361. The highest BCUT2D eigenvalue weighted by Crippen LogP contribution is 2.07. The van der Waals surface area contributed by atoms with E-state index in [-0.39, 0.29) is 12.6 Å². The van der Waals surface area contributed by atoms with Crippen LogP contribution in [0.4, 0.5) is 4.79 Å². The number of amides is 2. The predicted octanol–water partition coefficient (Wildman–Crippen LogP) is 0.873. The molecule has 0 spiro atoms. The van der Waals surface area contributed by atoms with Crippen LogP contribution in [0.5, 0.6) is 0 Å². The van der Waals surface area contributed by atoms with Gasteiger partial charge in [-0.05, 0) is 6.42 Å². The lowest BCUT2D eigenvalue weighted by Crippen LogP contribution is -2.45. The summed E-state index contributed by atoms with van der Waals surface area (Å²) in [7, 11) is 0. The Hall–Kier alpha value is -1.82.